The summed E-state index contributed by atoms with van der Waals surface area (Å²) in [6, 6.07) is 17.1. The van der Waals surface area contributed by atoms with E-state index in [1.165, 1.54) is 48.6 Å². The summed E-state index contributed by atoms with van der Waals surface area (Å²) in [4.78, 5) is 37.0. The van der Waals surface area contributed by atoms with Crippen molar-refractivity contribution in [3.63, 3.8) is 0 Å². The number of quaternary nitrogens is 1. The van der Waals surface area contributed by atoms with Gasteiger partial charge < -0.3 is 23.7 Å². The zero-order chi connectivity index (χ0) is 32.9. The van der Waals surface area contributed by atoms with Gasteiger partial charge in [0, 0.05) is 27.2 Å². The zero-order valence-corrected chi connectivity index (χ0v) is 27.8. The fraction of sp³-hybridized carbons (Fsp3) is 0.528. The number of fused-ring (bicyclic) bond motifs is 2. The van der Waals surface area contributed by atoms with E-state index in [2.05, 4.69) is 54.6 Å². The van der Waals surface area contributed by atoms with Gasteiger partial charge in [-0.15, -0.1) is 0 Å². The smallest absolute Gasteiger partial charge is 0.303 e. The first-order chi connectivity index (χ1) is 21.2. The Morgan fingerprint density at radius 2 is 1.29 bits per heavy atom. The fourth-order valence-electron chi connectivity index (χ4n) is 6.21. The number of nitrogens with zero attached hydrogens (tertiary/aromatic N) is 1. The summed E-state index contributed by atoms with van der Waals surface area (Å²) in [6.07, 6.45) is 0.190. The van der Waals surface area contributed by atoms with E-state index < -0.39 is 54.2 Å². The minimum Gasteiger partial charge on any atom is -0.456 e. The van der Waals surface area contributed by atoms with Gasteiger partial charge in [0.25, 0.3) is 0 Å². The second-order valence-corrected chi connectivity index (χ2v) is 13.4. The number of rotatable bonds is 9. The van der Waals surface area contributed by atoms with E-state index >= 15 is 0 Å². The van der Waals surface area contributed by atoms with E-state index in [1.54, 1.807) is 0 Å². The first-order valence-corrected chi connectivity index (χ1v) is 15.7. The molecule has 2 aromatic rings. The van der Waals surface area contributed by atoms with Crippen molar-refractivity contribution in [3.8, 4) is 0 Å². The summed E-state index contributed by atoms with van der Waals surface area (Å²) in [5.74, 6) is -1.73. The zero-order valence-electron chi connectivity index (χ0n) is 27.8. The summed E-state index contributed by atoms with van der Waals surface area (Å²) in [5, 5.41) is 0. The Labute approximate surface area is 267 Å². The van der Waals surface area contributed by atoms with E-state index in [4.69, 9.17) is 23.7 Å². The van der Waals surface area contributed by atoms with Crippen molar-refractivity contribution in [1.29, 1.82) is 0 Å². The van der Waals surface area contributed by atoms with E-state index in [0.717, 1.165) is 12.8 Å². The van der Waals surface area contributed by atoms with E-state index in [9.17, 15) is 14.4 Å². The van der Waals surface area contributed by atoms with Gasteiger partial charge in [-0.1, -0.05) is 54.6 Å². The molecular weight excluding hydrogens is 574 g/mol. The number of likely N-dealkylation sites (N-methyl/N-ethyl adjacent to an activating group) is 1. The first kappa shape index (κ1) is 34.3. The first-order valence-electron chi connectivity index (χ1n) is 15.7. The summed E-state index contributed by atoms with van der Waals surface area (Å²) in [7, 11) is 3.99. The third-order valence-corrected chi connectivity index (χ3v) is 8.22. The molecule has 0 saturated carbocycles. The molecule has 2 aromatic carbocycles. The molecule has 9 nitrogen and oxygen atoms in total. The number of aryl methyl sites for hydroxylation is 2. The largest absolute Gasteiger partial charge is 0.456 e. The van der Waals surface area contributed by atoms with Crippen molar-refractivity contribution >= 4 is 23.5 Å². The normalized spacial score (nSPS) is 23.2. The van der Waals surface area contributed by atoms with E-state index in [-0.39, 0.29) is 11.1 Å². The summed E-state index contributed by atoms with van der Waals surface area (Å²) < 4.78 is 30.2. The summed E-state index contributed by atoms with van der Waals surface area (Å²) >= 11 is 0. The van der Waals surface area contributed by atoms with Gasteiger partial charge in [-0.25, -0.2) is 0 Å². The van der Waals surface area contributed by atoms with Crippen LogP contribution < -0.4 is 0 Å². The standard InChI is InChI=1S/C36H48NO8/c1-23(38)42-32-31(22-41-36(4,5)6)45-35(34(44-25(3)40)33(32)43-24(2)39)37(7,8)21-13-18-30-28-16-11-9-14-26(28)19-20-27-15-10-12-17-29(27)30/h9-12,14-18,31-35H,13,19-22H2,1-8H3/q+1/t31-,32-,33+,34-,35-/m1/s1. The van der Waals surface area contributed by atoms with E-state index in [0.29, 0.717) is 13.0 Å². The quantitative estimate of drug-likeness (QED) is 0.219. The van der Waals surface area contributed by atoms with Gasteiger partial charge in [-0.2, -0.15) is 0 Å². The Bertz CT molecular complexity index is 1360. The minimum absolute atomic E-state index is 0.0696. The van der Waals surface area contributed by atoms with Crippen molar-refractivity contribution in [2.24, 2.45) is 0 Å². The number of carbonyl (C=O) groups excluding carboxylic acids is 3. The van der Waals surface area contributed by atoms with Crippen molar-refractivity contribution in [3.05, 3.63) is 76.9 Å². The summed E-state index contributed by atoms with van der Waals surface area (Å²) in [5.41, 5.74) is 5.80. The van der Waals surface area contributed by atoms with Crippen LogP contribution in [-0.2, 0) is 50.9 Å². The molecule has 0 aromatic heterocycles. The van der Waals surface area contributed by atoms with Crippen molar-refractivity contribution in [2.75, 3.05) is 27.2 Å². The highest BCUT2D eigenvalue weighted by Gasteiger charge is 2.57. The molecule has 4 rings (SSSR count). The molecule has 1 aliphatic heterocycles. The monoisotopic (exact) mass is 622 g/mol. The van der Waals surface area contributed by atoms with Crippen LogP contribution in [0.1, 0.15) is 70.2 Å². The Morgan fingerprint density at radius 3 is 1.80 bits per heavy atom. The molecule has 0 N–H and O–H groups in total. The van der Waals surface area contributed by atoms with Crippen LogP contribution in [0.5, 0.6) is 0 Å². The van der Waals surface area contributed by atoms with Gasteiger partial charge in [0.15, 0.2) is 12.2 Å². The molecule has 1 heterocycles. The maximum atomic E-state index is 12.4. The van der Waals surface area contributed by atoms with Crippen molar-refractivity contribution in [1.82, 2.24) is 0 Å². The molecule has 5 atom stereocenters. The predicted octanol–water partition coefficient (Wildman–Crippen LogP) is 5.02. The number of carbonyl (C=O) groups is 3. The van der Waals surface area contributed by atoms with Crippen molar-refractivity contribution in [2.45, 2.75) is 97.0 Å². The molecule has 9 heteroatoms. The van der Waals surface area contributed by atoms with Crippen LogP contribution in [0.2, 0.25) is 0 Å². The Hall–Kier alpha value is -3.53. The van der Waals surface area contributed by atoms with Crippen LogP contribution in [-0.4, -0.2) is 85.9 Å². The maximum Gasteiger partial charge on any atom is 0.303 e. The van der Waals surface area contributed by atoms with Crippen LogP contribution in [0.15, 0.2) is 54.6 Å². The van der Waals surface area contributed by atoms with Crippen LogP contribution in [0.4, 0.5) is 0 Å². The molecule has 1 saturated heterocycles. The Morgan fingerprint density at radius 1 is 0.800 bits per heavy atom. The Balaban J connectivity index is 1.69. The molecule has 0 bridgehead atoms. The summed E-state index contributed by atoms with van der Waals surface area (Å²) in [6.45, 7) is 10.3. The molecule has 0 spiro atoms. The fourth-order valence-corrected chi connectivity index (χ4v) is 6.21. The number of ether oxygens (including phenoxy) is 5. The average molecular weight is 623 g/mol. The molecular formula is C36H48NO8+. The highest BCUT2D eigenvalue weighted by Crippen LogP contribution is 2.36. The van der Waals surface area contributed by atoms with Gasteiger partial charge in [0.1, 0.15) is 6.10 Å². The lowest BCUT2D eigenvalue weighted by molar-refractivity contribution is -0.944. The number of esters is 3. The lowest BCUT2D eigenvalue weighted by atomic mass is 9.93. The number of benzene rings is 2. The average Bonchev–Trinajstić information content (AvgIpc) is 3.10. The molecule has 1 aliphatic carbocycles. The molecule has 0 amide bonds. The van der Waals surface area contributed by atoms with Crippen LogP contribution >= 0.6 is 0 Å². The van der Waals surface area contributed by atoms with Gasteiger partial charge in [0.05, 0.1) is 32.8 Å². The highest BCUT2D eigenvalue weighted by atomic mass is 16.7. The highest BCUT2D eigenvalue weighted by molar-refractivity contribution is 5.83. The second-order valence-electron chi connectivity index (χ2n) is 13.4. The topological polar surface area (TPSA) is 97.4 Å². The molecule has 244 valence electrons. The molecule has 45 heavy (non-hydrogen) atoms. The third-order valence-electron chi connectivity index (χ3n) is 8.22. The SMILES string of the molecule is CC(=O)O[C@@H]1[C@@H](OC(C)=O)[C@H]([N+](C)(C)CCC=C2c3ccccc3CCc3ccccc32)O[C@H](COC(C)(C)C)[C@H]1OC(C)=O. The number of hydrogen-bond acceptors (Lipinski definition) is 8. The lowest BCUT2D eigenvalue weighted by Gasteiger charge is -2.49. The van der Waals surface area contributed by atoms with Crippen LogP contribution in [0.25, 0.3) is 5.57 Å². The maximum absolute atomic E-state index is 12.4. The van der Waals surface area contributed by atoms with E-state index in [1.807, 2.05) is 34.9 Å². The lowest BCUT2D eigenvalue weighted by Crippen LogP contribution is -2.70. The number of hydrogen-bond donors (Lipinski definition) is 0. The molecule has 0 unspecified atom stereocenters. The van der Waals surface area contributed by atoms with Gasteiger partial charge in [-0.3, -0.25) is 18.9 Å². The Kier molecular flexibility index (Phi) is 10.9. The minimum atomic E-state index is -1.10. The predicted molar refractivity (Wildman–Crippen MR) is 170 cm³/mol. The second kappa shape index (κ2) is 14.3. The molecule has 0 radical (unpaired) electrons. The van der Waals surface area contributed by atoms with Gasteiger partial charge >= 0.3 is 17.9 Å². The van der Waals surface area contributed by atoms with Crippen molar-refractivity contribution < 1.29 is 42.6 Å². The third kappa shape index (κ3) is 8.81. The van der Waals surface area contributed by atoms with Gasteiger partial charge in [0.2, 0.25) is 12.3 Å². The van der Waals surface area contributed by atoms with Crippen LogP contribution in [0, 0.1) is 0 Å². The van der Waals surface area contributed by atoms with Gasteiger partial charge in [-0.05, 0) is 61.4 Å². The molecule has 2 aliphatic rings. The van der Waals surface area contributed by atoms with Crippen LogP contribution in [0.3, 0.4) is 0 Å². The molecule has 1 fully saturated rings.